The third-order valence-electron chi connectivity index (χ3n) is 5.98. The molecule has 1 aliphatic heterocycles. The molecule has 6 nitrogen and oxygen atoms in total. The molecular formula is C26H31N3O3. The second kappa shape index (κ2) is 9.90. The van der Waals surface area contributed by atoms with E-state index in [9.17, 15) is 4.79 Å². The van der Waals surface area contributed by atoms with Crippen LogP contribution in [0.3, 0.4) is 0 Å². The standard InChI is InChI=1S/C26H31N3O3/c1-4-9-19-13-14-23(24(18-19)31-3)32-17-16-29-21-11-7-6-10-20(21)27-26(29)22-12-8-15-28(22)25(30)5-2/h4,6-7,9-11,13-14,18,22H,5,8,12,15-17H2,1-3H3/b9-4+/t22-/m1/s1. The summed E-state index contributed by atoms with van der Waals surface area (Å²) >= 11 is 0. The van der Waals surface area contributed by atoms with E-state index in [1.54, 1.807) is 7.11 Å². The molecule has 168 valence electrons. The molecule has 2 heterocycles. The zero-order valence-electron chi connectivity index (χ0n) is 19.1. The molecule has 1 amide bonds. The fourth-order valence-corrected chi connectivity index (χ4v) is 4.47. The molecule has 1 saturated heterocycles. The molecule has 32 heavy (non-hydrogen) atoms. The topological polar surface area (TPSA) is 56.6 Å². The van der Waals surface area contributed by atoms with Crippen LogP contribution in [-0.4, -0.2) is 40.6 Å². The molecule has 4 rings (SSSR count). The molecule has 1 aromatic heterocycles. The van der Waals surface area contributed by atoms with Gasteiger partial charge in [0.05, 0.1) is 30.7 Å². The van der Waals surface area contributed by atoms with E-state index in [0.717, 1.165) is 47.6 Å². The van der Waals surface area contributed by atoms with Crippen molar-refractivity contribution in [2.45, 2.75) is 45.7 Å². The Bertz CT molecular complexity index is 1120. The Morgan fingerprint density at radius 3 is 2.84 bits per heavy atom. The van der Waals surface area contributed by atoms with Gasteiger partial charge < -0.3 is 18.9 Å². The smallest absolute Gasteiger partial charge is 0.222 e. The first kappa shape index (κ1) is 21.9. The Labute approximate surface area is 189 Å². The number of amides is 1. The molecule has 0 N–H and O–H groups in total. The average Bonchev–Trinajstić information content (AvgIpc) is 3.44. The summed E-state index contributed by atoms with van der Waals surface area (Å²) < 4.78 is 13.9. The number of para-hydroxylation sites is 2. The maximum absolute atomic E-state index is 12.5. The lowest BCUT2D eigenvalue weighted by Crippen LogP contribution is -2.31. The van der Waals surface area contributed by atoms with Crippen molar-refractivity contribution in [2.75, 3.05) is 20.3 Å². The van der Waals surface area contributed by atoms with E-state index >= 15 is 0 Å². The number of hydrogen-bond acceptors (Lipinski definition) is 4. The lowest BCUT2D eigenvalue weighted by atomic mass is 10.2. The first-order valence-electron chi connectivity index (χ1n) is 11.3. The third kappa shape index (κ3) is 4.35. The van der Waals surface area contributed by atoms with Crippen molar-refractivity contribution in [3.05, 3.63) is 59.9 Å². The highest BCUT2D eigenvalue weighted by atomic mass is 16.5. The molecule has 0 unspecified atom stereocenters. The number of rotatable bonds is 8. The number of carbonyl (C=O) groups is 1. The average molecular weight is 434 g/mol. The molecule has 3 aromatic rings. The van der Waals surface area contributed by atoms with E-state index in [-0.39, 0.29) is 11.9 Å². The lowest BCUT2D eigenvalue weighted by Gasteiger charge is -2.25. The number of aromatic nitrogens is 2. The van der Waals surface area contributed by atoms with E-state index in [4.69, 9.17) is 14.5 Å². The molecule has 0 saturated carbocycles. The molecule has 0 radical (unpaired) electrons. The highest BCUT2D eigenvalue weighted by molar-refractivity contribution is 5.78. The van der Waals surface area contributed by atoms with Gasteiger partial charge in [0.2, 0.25) is 5.91 Å². The van der Waals surface area contributed by atoms with Gasteiger partial charge in [0.15, 0.2) is 11.5 Å². The van der Waals surface area contributed by atoms with E-state index in [0.29, 0.717) is 25.3 Å². The van der Waals surface area contributed by atoms with E-state index in [1.807, 2.05) is 67.3 Å². The van der Waals surface area contributed by atoms with Crippen molar-refractivity contribution in [1.82, 2.24) is 14.5 Å². The van der Waals surface area contributed by atoms with Crippen LogP contribution in [-0.2, 0) is 11.3 Å². The van der Waals surface area contributed by atoms with E-state index in [2.05, 4.69) is 10.6 Å². The summed E-state index contributed by atoms with van der Waals surface area (Å²) in [7, 11) is 1.66. The number of ether oxygens (including phenoxy) is 2. The Morgan fingerprint density at radius 2 is 2.06 bits per heavy atom. The van der Waals surface area contributed by atoms with Crippen LogP contribution >= 0.6 is 0 Å². The van der Waals surface area contributed by atoms with Gasteiger partial charge in [0.1, 0.15) is 12.4 Å². The van der Waals surface area contributed by atoms with Gasteiger partial charge in [-0.15, -0.1) is 0 Å². The Balaban J connectivity index is 1.58. The van der Waals surface area contributed by atoms with Crippen LogP contribution in [0.2, 0.25) is 0 Å². The largest absolute Gasteiger partial charge is 0.493 e. The van der Waals surface area contributed by atoms with Gasteiger partial charge in [-0.1, -0.05) is 37.3 Å². The zero-order chi connectivity index (χ0) is 22.5. The Hall–Kier alpha value is -3.28. The lowest BCUT2D eigenvalue weighted by molar-refractivity contribution is -0.131. The van der Waals surface area contributed by atoms with Gasteiger partial charge in [-0.05, 0) is 49.6 Å². The number of benzene rings is 2. The highest BCUT2D eigenvalue weighted by Gasteiger charge is 2.32. The first-order chi connectivity index (χ1) is 15.7. The fourth-order valence-electron chi connectivity index (χ4n) is 4.47. The van der Waals surface area contributed by atoms with Crippen molar-refractivity contribution in [3.63, 3.8) is 0 Å². The van der Waals surface area contributed by atoms with Crippen LogP contribution < -0.4 is 9.47 Å². The summed E-state index contributed by atoms with van der Waals surface area (Å²) in [4.78, 5) is 19.4. The third-order valence-corrected chi connectivity index (χ3v) is 5.98. The fraction of sp³-hybridized carbons (Fsp3) is 0.385. The Morgan fingerprint density at radius 1 is 1.22 bits per heavy atom. The van der Waals surface area contributed by atoms with Crippen molar-refractivity contribution in [1.29, 1.82) is 0 Å². The molecule has 0 aliphatic carbocycles. The second-order valence-corrected chi connectivity index (χ2v) is 7.97. The summed E-state index contributed by atoms with van der Waals surface area (Å²) in [6.07, 6.45) is 6.49. The van der Waals surface area contributed by atoms with Gasteiger partial charge in [-0.2, -0.15) is 0 Å². The first-order valence-corrected chi connectivity index (χ1v) is 11.3. The summed E-state index contributed by atoms with van der Waals surface area (Å²) in [6.45, 7) is 5.82. The van der Waals surface area contributed by atoms with Crippen LogP contribution in [0.4, 0.5) is 0 Å². The number of nitrogens with zero attached hydrogens (tertiary/aromatic N) is 3. The van der Waals surface area contributed by atoms with Crippen molar-refractivity contribution < 1.29 is 14.3 Å². The predicted octanol–water partition coefficient (Wildman–Crippen LogP) is 5.23. The van der Waals surface area contributed by atoms with Gasteiger partial charge in [0, 0.05) is 13.0 Å². The quantitative estimate of drug-likeness (QED) is 0.488. The highest BCUT2D eigenvalue weighted by Crippen LogP contribution is 2.34. The zero-order valence-corrected chi connectivity index (χ0v) is 19.1. The van der Waals surface area contributed by atoms with Gasteiger partial charge in [0.25, 0.3) is 0 Å². The van der Waals surface area contributed by atoms with Crippen molar-refractivity contribution in [3.8, 4) is 11.5 Å². The molecule has 1 fully saturated rings. The Kier molecular flexibility index (Phi) is 6.78. The number of imidazole rings is 1. The second-order valence-electron chi connectivity index (χ2n) is 7.97. The minimum atomic E-state index is 0.0181. The maximum Gasteiger partial charge on any atom is 0.222 e. The van der Waals surface area contributed by atoms with Crippen molar-refractivity contribution >= 4 is 23.0 Å². The minimum absolute atomic E-state index is 0.0181. The molecule has 1 aliphatic rings. The summed E-state index contributed by atoms with van der Waals surface area (Å²) in [6, 6.07) is 14.1. The molecular weight excluding hydrogens is 402 g/mol. The SMILES string of the molecule is C/C=C/c1ccc(OCCn2c([C@H]3CCCN3C(=O)CC)nc3ccccc32)c(OC)c1. The minimum Gasteiger partial charge on any atom is -0.493 e. The molecule has 6 heteroatoms. The normalized spacial score (nSPS) is 16.2. The van der Waals surface area contributed by atoms with E-state index in [1.165, 1.54) is 0 Å². The number of fused-ring (bicyclic) bond motifs is 1. The molecule has 2 aromatic carbocycles. The number of methoxy groups -OCH3 is 1. The summed E-state index contributed by atoms with van der Waals surface area (Å²) in [5.74, 6) is 2.57. The van der Waals surface area contributed by atoms with Crippen LogP contribution in [0.25, 0.3) is 17.1 Å². The number of likely N-dealkylation sites (tertiary alicyclic amines) is 1. The maximum atomic E-state index is 12.5. The van der Waals surface area contributed by atoms with Crippen LogP contribution in [0, 0.1) is 0 Å². The van der Waals surface area contributed by atoms with Crippen LogP contribution in [0.1, 0.15) is 50.5 Å². The summed E-state index contributed by atoms with van der Waals surface area (Å²) in [5.41, 5.74) is 3.09. The molecule has 0 bridgehead atoms. The number of allylic oxidation sites excluding steroid dienone is 1. The number of carbonyl (C=O) groups excluding carboxylic acids is 1. The van der Waals surface area contributed by atoms with Crippen LogP contribution in [0.15, 0.2) is 48.5 Å². The van der Waals surface area contributed by atoms with Gasteiger partial charge >= 0.3 is 0 Å². The van der Waals surface area contributed by atoms with E-state index < -0.39 is 0 Å². The van der Waals surface area contributed by atoms with Gasteiger partial charge in [-0.25, -0.2) is 4.98 Å². The van der Waals surface area contributed by atoms with Crippen LogP contribution in [0.5, 0.6) is 11.5 Å². The predicted molar refractivity (Wildman–Crippen MR) is 127 cm³/mol. The van der Waals surface area contributed by atoms with Crippen molar-refractivity contribution in [2.24, 2.45) is 0 Å². The monoisotopic (exact) mass is 433 g/mol. The molecule has 0 spiro atoms. The summed E-state index contributed by atoms with van der Waals surface area (Å²) in [5, 5.41) is 0. The van der Waals surface area contributed by atoms with Gasteiger partial charge in [-0.3, -0.25) is 4.79 Å². The molecule has 1 atom stereocenters. The number of hydrogen-bond donors (Lipinski definition) is 0.